The summed E-state index contributed by atoms with van der Waals surface area (Å²) in [5.74, 6) is 0.786. The number of nitrogens with one attached hydrogen (secondary N) is 2. The van der Waals surface area contributed by atoms with Crippen LogP contribution in [0.3, 0.4) is 0 Å². The first kappa shape index (κ1) is 10.2. The molecule has 0 spiro atoms. The predicted molar refractivity (Wildman–Crippen MR) is 58.9 cm³/mol. The van der Waals surface area contributed by atoms with Crippen LogP contribution in [0.25, 0.3) is 0 Å². The molecule has 0 aliphatic carbocycles. The Morgan fingerprint density at radius 1 is 1.67 bits per heavy atom. The van der Waals surface area contributed by atoms with Crippen LogP contribution in [0.2, 0.25) is 5.02 Å². The molecule has 2 rings (SSSR count). The molecule has 15 heavy (non-hydrogen) atoms. The molecule has 2 heterocycles. The van der Waals surface area contributed by atoms with E-state index in [1.807, 2.05) is 0 Å². The van der Waals surface area contributed by atoms with Gasteiger partial charge in [0.2, 0.25) is 5.91 Å². The van der Waals surface area contributed by atoms with Gasteiger partial charge in [-0.1, -0.05) is 11.6 Å². The topological polar surface area (TPSA) is 54.0 Å². The van der Waals surface area contributed by atoms with Gasteiger partial charge in [0.05, 0.1) is 5.02 Å². The van der Waals surface area contributed by atoms with Crippen LogP contribution in [0, 0.1) is 0 Å². The zero-order valence-corrected chi connectivity index (χ0v) is 8.92. The summed E-state index contributed by atoms with van der Waals surface area (Å²) >= 11 is 5.93. The lowest BCUT2D eigenvalue weighted by molar-refractivity contribution is -0.119. The molecule has 0 radical (unpaired) electrons. The summed E-state index contributed by atoms with van der Waals surface area (Å²) < 4.78 is 0. The van der Waals surface area contributed by atoms with Gasteiger partial charge in [0.15, 0.2) is 0 Å². The molecular formula is C10H12ClN3O. The molecule has 1 saturated heterocycles. The second kappa shape index (κ2) is 4.49. The molecule has 0 saturated carbocycles. The van der Waals surface area contributed by atoms with Crippen LogP contribution in [-0.2, 0) is 4.79 Å². The van der Waals surface area contributed by atoms with E-state index in [2.05, 4.69) is 15.6 Å². The molecule has 0 bridgehead atoms. The smallest absolute Gasteiger partial charge is 0.220 e. The Morgan fingerprint density at radius 3 is 3.20 bits per heavy atom. The Labute approximate surface area is 93.0 Å². The Hall–Kier alpha value is -1.29. The second-order valence-corrected chi connectivity index (χ2v) is 3.93. The van der Waals surface area contributed by atoms with Crippen LogP contribution >= 0.6 is 11.6 Å². The Bertz CT molecular complexity index is 369. The van der Waals surface area contributed by atoms with Crippen molar-refractivity contribution >= 4 is 23.3 Å². The zero-order chi connectivity index (χ0) is 10.7. The number of anilines is 1. The van der Waals surface area contributed by atoms with Crippen LogP contribution in [-0.4, -0.2) is 23.5 Å². The minimum atomic E-state index is 0.119. The molecule has 1 aliphatic rings. The molecule has 2 N–H and O–H groups in total. The van der Waals surface area contributed by atoms with Crippen LogP contribution in [0.1, 0.15) is 12.8 Å². The minimum absolute atomic E-state index is 0.119. The van der Waals surface area contributed by atoms with Crippen molar-refractivity contribution in [3.8, 4) is 0 Å². The molecule has 1 aliphatic heterocycles. The number of aromatic nitrogens is 1. The molecule has 1 aromatic rings. The first-order valence-corrected chi connectivity index (χ1v) is 5.27. The average Bonchev–Trinajstić information content (AvgIpc) is 2.63. The van der Waals surface area contributed by atoms with E-state index in [1.165, 1.54) is 0 Å². The molecule has 1 unspecified atom stereocenters. The van der Waals surface area contributed by atoms with E-state index in [1.54, 1.807) is 18.3 Å². The first-order valence-electron chi connectivity index (χ1n) is 4.89. The number of halogens is 1. The van der Waals surface area contributed by atoms with E-state index in [9.17, 15) is 4.79 Å². The minimum Gasteiger partial charge on any atom is -0.367 e. The fourth-order valence-electron chi connectivity index (χ4n) is 1.57. The summed E-state index contributed by atoms with van der Waals surface area (Å²) in [6.07, 6.45) is 3.17. The highest BCUT2D eigenvalue weighted by Crippen LogP contribution is 2.17. The number of pyridine rings is 1. The van der Waals surface area contributed by atoms with Crippen molar-refractivity contribution in [3.05, 3.63) is 23.4 Å². The number of amides is 1. The van der Waals surface area contributed by atoms with Crippen molar-refractivity contribution in [1.82, 2.24) is 10.3 Å². The summed E-state index contributed by atoms with van der Waals surface area (Å²) in [4.78, 5) is 15.1. The highest BCUT2D eigenvalue weighted by molar-refractivity contribution is 6.32. The molecule has 1 fully saturated rings. The van der Waals surface area contributed by atoms with Crippen molar-refractivity contribution in [1.29, 1.82) is 0 Å². The first-order chi connectivity index (χ1) is 7.25. The van der Waals surface area contributed by atoms with E-state index < -0.39 is 0 Å². The van der Waals surface area contributed by atoms with Crippen molar-refractivity contribution in [2.24, 2.45) is 0 Å². The van der Waals surface area contributed by atoms with Gasteiger partial charge in [-0.3, -0.25) is 4.79 Å². The van der Waals surface area contributed by atoms with Gasteiger partial charge >= 0.3 is 0 Å². The van der Waals surface area contributed by atoms with Crippen molar-refractivity contribution in [2.75, 3.05) is 11.9 Å². The van der Waals surface area contributed by atoms with Crippen LogP contribution < -0.4 is 10.6 Å². The van der Waals surface area contributed by atoms with Crippen molar-refractivity contribution in [2.45, 2.75) is 18.9 Å². The number of carbonyl (C=O) groups is 1. The van der Waals surface area contributed by atoms with Gasteiger partial charge in [-0.25, -0.2) is 4.98 Å². The third-order valence-electron chi connectivity index (χ3n) is 2.36. The average molecular weight is 226 g/mol. The fourth-order valence-corrected chi connectivity index (χ4v) is 1.75. The molecule has 1 amide bonds. The maximum absolute atomic E-state index is 11.0. The summed E-state index contributed by atoms with van der Waals surface area (Å²) in [5.41, 5.74) is 0. The lowest BCUT2D eigenvalue weighted by Crippen LogP contribution is -2.32. The fraction of sp³-hybridized carbons (Fsp3) is 0.400. The number of rotatable bonds is 3. The third-order valence-corrected chi connectivity index (χ3v) is 2.66. The zero-order valence-electron chi connectivity index (χ0n) is 8.16. The number of carbonyl (C=O) groups excluding carboxylic acids is 1. The van der Waals surface area contributed by atoms with Crippen molar-refractivity contribution in [3.63, 3.8) is 0 Å². The van der Waals surface area contributed by atoms with E-state index in [-0.39, 0.29) is 11.9 Å². The molecule has 1 atom stereocenters. The normalized spacial score (nSPS) is 20.1. The Balaban J connectivity index is 1.88. The maximum atomic E-state index is 11.0. The van der Waals surface area contributed by atoms with E-state index in [0.29, 0.717) is 23.8 Å². The maximum Gasteiger partial charge on any atom is 0.220 e. The predicted octanol–water partition coefficient (Wildman–Crippen LogP) is 1.43. The quantitative estimate of drug-likeness (QED) is 0.818. The second-order valence-electron chi connectivity index (χ2n) is 3.52. The molecule has 80 valence electrons. The monoisotopic (exact) mass is 225 g/mol. The van der Waals surface area contributed by atoms with E-state index in [4.69, 9.17) is 11.6 Å². The largest absolute Gasteiger partial charge is 0.367 e. The van der Waals surface area contributed by atoms with Gasteiger partial charge in [-0.2, -0.15) is 0 Å². The van der Waals surface area contributed by atoms with Gasteiger partial charge in [0.1, 0.15) is 5.82 Å². The van der Waals surface area contributed by atoms with Crippen LogP contribution in [0.5, 0.6) is 0 Å². The number of hydrogen-bond donors (Lipinski definition) is 2. The van der Waals surface area contributed by atoms with E-state index in [0.717, 1.165) is 6.42 Å². The highest BCUT2D eigenvalue weighted by atomic mass is 35.5. The summed E-state index contributed by atoms with van der Waals surface area (Å²) in [5, 5.41) is 6.59. The lowest BCUT2D eigenvalue weighted by Gasteiger charge is -2.12. The molecule has 0 aromatic carbocycles. The standard InChI is InChI=1S/C10H12ClN3O/c11-8-2-1-5-12-10(8)13-6-7-3-4-9(15)14-7/h1-2,5,7H,3-4,6H2,(H,12,13)(H,14,15). The SMILES string of the molecule is O=C1CCC(CNc2ncccc2Cl)N1. The summed E-state index contributed by atoms with van der Waals surface area (Å²) in [7, 11) is 0. The Kier molecular flexibility index (Phi) is 3.06. The van der Waals surface area contributed by atoms with Gasteiger partial charge in [-0.15, -0.1) is 0 Å². The molecular weight excluding hydrogens is 214 g/mol. The molecule has 1 aromatic heterocycles. The van der Waals surface area contributed by atoms with Gasteiger partial charge in [0, 0.05) is 25.2 Å². The van der Waals surface area contributed by atoms with Gasteiger partial charge < -0.3 is 10.6 Å². The number of hydrogen-bond acceptors (Lipinski definition) is 3. The number of nitrogens with zero attached hydrogens (tertiary/aromatic N) is 1. The summed E-state index contributed by atoms with van der Waals surface area (Å²) in [6.45, 7) is 0.669. The van der Waals surface area contributed by atoms with Gasteiger partial charge in [-0.05, 0) is 18.6 Å². The summed E-state index contributed by atoms with van der Waals surface area (Å²) in [6, 6.07) is 3.75. The molecule has 4 nitrogen and oxygen atoms in total. The Morgan fingerprint density at radius 2 is 2.53 bits per heavy atom. The lowest BCUT2D eigenvalue weighted by atomic mass is 10.2. The van der Waals surface area contributed by atoms with Crippen LogP contribution in [0.4, 0.5) is 5.82 Å². The van der Waals surface area contributed by atoms with Crippen LogP contribution in [0.15, 0.2) is 18.3 Å². The van der Waals surface area contributed by atoms with E-state index >= 15 is 0 Å². The van der Waals surface area contributed by atoms with Gasteiger partial charge in [0.25, 0.3) is 0 Å². The van der Waals surface area contributed by atoms with Crippen molar-refractivity contribution < 1.29 is 4.79 Å². The highest BCUT2D eigenvalue weighted by Gasteiger charge is 2.20. The third kappa shape index (κ3) is 2.59. The molecule has 5 heteroatoms.